The molecule has 3 aromatic carbocycles. The van der Waals surface area contributed by atoms with Gasteiger partial charge in [-0.2, -0.15) is 0 Å². The number of aromatic nitrogens is 4. The molecule has 8 nitrogen and oxygen atoms in total. The number of likely N-dealkylation sites (tertiary alicyclic amines) is 1. The second kappa shape index (κ2) is 10.8. The molecular weight excluding hydrogens is 575 g/mol. The third-order valence-electron chi connectivity index (χ3n) is 7.33. The van der Waals surface area contributed by atoms with Gasteiger partial charge in [-0.25, -0.2) is 9.07 Å². The van der Waals surface area contributed by atoms with Crippen molar-refractivity contribution in [1.82, 2.24) is 24.5 Å². The van der Waals surface area contributed by atoms with Crippen molar-refractivity contribution in [1.29, 1.82) is 0 Å². The van der Waals surface area contributed by atoms with Crippen LogP contribution in [0.4, 0.5) is 10.1 Å². The van der Waals surface area contributed by atoms with E-state index in [4.69, 9.17) is 0 Å². The molecule has 202 valence electrons. The summed E-state index contributed by atoms with van der Waals surface area (Å²) in [6.45, 7) is 2.64. The van der Waals surface area contributed by atoms with Gasteiger partial charge in [0.25, 0.3) is 11.5 Å². The van der Waals surface area contributed by atoms with Gasteiger partial charge >= 0.3 is 0 Å². The number of amides is 1. The molecule has 0 bridgehead atoms. The molecule has 0 radical (unpaired) electrons. The van der Waals surface area contributed by atoms with Crippen LogP contribution in [0.15, 0.2) is 88.3 Å². The zero-order chi connectivity index (χ0) is 27.8. The van der Waals surface area contributed by atoms with Crippen molar-refractivity contribution in [2.24, 2.45) is 7.05 Å². The number of halogens is 2. The number of nitrogens with zero attached hydrogens (tertiary/aromatic N) is 5. The van der Waals surface area contributed by atoms with Gasteiger partial charge in [0, 0.05) is 53.9 Å². The van der Waals surface area contributed by atoms with Crippen molar-refractivity contribution in [2.45, 2.75) is 19.0 Å². The number of hydrogen-bond acceptors (Lipinski definition) is 5. The summed E-state index contributed by atoms with van der Waals surface area (Å²) in [6, 6.07) is 21.5. The highest BCUT2D eigenvalue weighted by Gasteiger charge is 2.25. The Balaban J connectivity index is 1.21. The van der Waals surface area contributed by atoms with Gasteiger partial charge in [0.2, 0.25) is 0 Å². The smallest absolute Gasteiger partial charge is 0.256 e. The highest BCUT2D eigenvalue weighted by atomic mass is 79.9. The van der Waals surface area contributed by atoms with E-state index in [2.05, 4.69) is 48.6 Å². The number of hydrogen-bond donors (Lipinski definition) is 1. The Hall–Kier alpha value is -4.15. The van der Waals surface area contributed by atoms with Gasteiger partial charge in [-0.3, -0.25) is 14.5 Å². The van der Waals surface area contributed by atoms with Crippen LogP contribution in [0, 0.1) is 5.82 Å². The van der Waals surface area contributed by atoms with Gasteiger partial charge in [0.05, 0.1) is 23.3 Å². The largest absolute Gasteiger partial charge is 0.322 e. The van der Waals surface area contributed by atoms with Crippen LogP contribution < -0.4 is 10.9 Å². The number of fused-ring (bicyclic) bond motifs is 1. The number of carbonyl (C=O) groups excluding carboxylic acids is 1. The summed E-state index contributed by atoms with van der Waals surface area (Å²) < 4.78 is 19.0. The molecule has 3 heterocycles. The maximum atomic E-state index is 14.9. The average Bonchev–Trinajstić information content (AvgIpc) is 3.62. The van der Waals surface area contributed by atoms with Gasteiger partial charge in [0.15, 0.2) is 0 Å². The SMILES string of the molecule is Cn1c(=O)cc(C(=O)Nc2ccc(F)c(-c3cn(C4CCN(Cc5ccccc5)C4)nn3)c2)c2cc(Br)ccc21. The molecule has 10 heteroatoms. The van der Waals surface area contributed by atoms with E-state index in [1.807, 2.05) is 24.3 Å². The van der Waals surface area contributed by atoms with Crippen molar-refractivity contribution >= 4 is 38.4 Å². The summed E-state index contributed by atoms with van der Waals surface area (Å²) in [5, 5.41) is 12.0. The Morgan fingerprint density at radius 1 is 1.10 bits per heavy atom. The van der Waals surface area contributed by atoms with Crippen LogP contribution in [-0.4, -0.2) is 43.5 Å². The molecule has 1 aliphatic rings. The fourth-order valence-corrected chi connectivity index (χ4v) is 5.57. The molecule has 2 aromatic heterocycles. The first-order valence-electron chi connectivity index (χ1n) is 12.9. The first-order chi connectivity index (χ1) is 19.4. The van der Waals surface area contributed by atoms with E-state index < -0.39 is 11.7 Å². The quantitative estimate of drug-likeness (QED) is 0.282. The lowest BCUT2D eigenvalue weighted by atomic mass is 10.1. The molecule has 0 saturated carbocycles. The monoisotopic (exact) mass is 600 g/mol. The minimum atomic E-state index is -0.467. The van der Waals surface area contributed by atoms with Gasteiger partial charge in [-0.05, 0) is 48.4 Å². The molecule has 6 rings (SSSR count). The van der Waals surface area contributed by atoms with E-state index in [1.54, 1.807) is 30.1 Å². The van der Waals surface area contributed by atoms with Crippen molar-refractivity contribution in [3.63, 3.8) is 0 Å². The van der Waals surface area contributed by atoms with E-state index in [1.165, 1.54) is 34.4 Å². The maximum absolute atomic E-state index is 14.9. The van der Waals surface area contributed by atoms with Crippen molar-refractivity contribution in [3.05, 3.63) is 111 Å². The summed E-state index contributed by atoms with van der Waals surface area (Å²) in [7, 11) is 1.66. The van der Waals surface area contributed by atoms with Crippen LogP contribution in [0.1, 0.15) is 28.4 Å². The fraction of sp³-hybridized carbons (Fsp3) is 0.200. The number of aryl methyl sites for hydroxylation is 1. The third-order valence-corrected chi connectivity index (χ3v) is 7.83. The summed E-state index contributed by atoms with van der Waals surface area (Å²) in [4.78, 5) is 28.1. The van der Waals surface area contributed by atoms with Gasteiger partial charge in [-0.15, -0.1) is 5.10 Å². The topological polar surface area (TPSA) is 85.0 Å². The Kier molecular flexibility index (Phi) is 7.03. The van der Waals surface area contributed by atoms with Crippen LogP contribution in [0.25, 0.3) is 22.2 Å². The highest BCUT2D eigenvalue weighted by Crippen LogP contribution is 2.28. The minimum Gasteiger partial charge on any atom is -0.322 e. The van der Waals surface area contributed by atoms with Crippen molar-refractivity contribution in [2.75, 3.05) is 18.4 Å². The standard InChI is InChI=1S/C30H26BrFN6O2/c1-36-28-10-7-20(31)13-23(28)24(15-29(36)39)30(40)33-21-8-9-26(32)25(14-21)27-18-38(35-34-27)22-11-12-37(17-22)16-19-5-3-2-4-6-19/h2-10,13-15,18,22H,11-12,16-17H2,1H3,(H,33,40). The zero-order valence-corrected chi connectivity index (χ0v) is 23.3. The molecule has 40 heavy (non-hydrogen) atoms. The van der Waals surface area contributed by atoms with E-state index in [0.29, 0.717) is 22.3 Å². The molecule has 0 spiro atoms. The number of carbonyl (C=O) groups is 1. The molecule has 1 aliphatic heterocycles. The molecule has 1 amide bonds. The molecule has 1 N–H and O–H groups in total. The molecular formula is C30H26BrFN6O2. The average molecular weight is 601 g/mol. The van der Waals surface area contributed by atoms with Gasteiger partial charge in [-0.1, -0.05) is 51.5 Å². The lowest BCUT2D eigenvalue weighted by molar-refractivity contribution is 0.102. The van der Waals surface area contributed by atoms with Crippen LogP contribution in [0.2, 0.25) is 0 Å². The molecule has 0 aliphatic carbocycles. The Morgan fingerprint density at radius 3 is 2.75 bits per heavy atom. The summed E-state index contributed by atoms with van der Waals surface area (Å²) in [6.07, 6.45) is 2.68. The van der Waals surface area contributed by atoms with Crippen molar-refractivity contribution < 1.29 is 9.18 Å². The predicted molar refractivity (Wildman–Crippen MR) is 156 cm³/mol. The highest BCUT2D eigenvalue weighted by molar-refractivity contribution is 9.10. The summed E-state index contributed by atoms with van der Waals surface area (Å²) in [5.41, 5.74) is 2.84. The normalized spacial score (nSPS) is 15.5. The van der Waals surface area contributed by atoms with E-state index in [9.17, 15) is 14.0 Å². The number of nitrogens with one attached hydrogen (secondary N) is 1. The summed E-state index contributed by atoms with van der Waals surface area (Å²) >= 11 is 3.43. The van der Waals surface area contributed by atoms with Gasteiger partial charge < -0.3 is 9.88 Å². The van der Waals surface area contributed by atoms with Crippen LogP contribution in [-0.2, 0) is 13.6 Å². The number of anilines is 1. The number of pyridine rings is 1. The Bertz CT molecular complexity index is 1780. The van der Waals surface area contributed by atoms with Gasteiger partial charge in [0.1, 0.15) is 11.5 Å². The molecule has 1 atom stereocenters. The molecule has 5 aromatic rings. The van der Waals surface area contributed by atoms with Crippen LogP contribution in [0.5, 0.6) is 0 Å². The van der Waals surface area contributed by atoms with Crippen molar-refractivity contribution in [3.8, 4) is 11.3 Å². The van der Waals surface area contributed by atoms with E-state index in [0.717, 1.165) is 30.5 Å². The lowest BCUT2D eigenvalue weighted by Gasteiger charge is -2.15. The second-order valence-electron chi connectivity index (χ2n) is 10.0. The van der Waals surface area contributed by atoms with E-state index >= 15 is 0 Å². The van der Waals surface area contributed by atoms with Crippen LogP contribution >= 0.6 is 15.9 Å². The summed E-state index contributed by atoms with van der Waals surface area (Å²) in [5.74, 6) is -0.934. The Morgan fingerprint density at radius 2 is 1.93 bits per heavy atom. The number of rotatable bonds is 6. The minimum absolute atomic E-state index is 0.143. The molecule has 1 unspecified atom stereocenters. The Labute approximate surface area is 238 Å². The van der Waals surface area contributed by atoms with Crippen LogP contribution in [0.3, 0.4) is 0 Å². The lowest BCUT2D eigenvalue weighted by Crippen LogP contribution is -2.21. The second-order valence-corrected chi connectivity index (χ2v) is 10.9. The maximum Gasteiger partial charge on any atom is 0.256 e. The molecule has 1 fully saturated rings. The third kappa shape index (κ3) is 5.20. The predicted octanol–water partition coefficient (Wildman–Crippen LogP) is 5.40. The van der Waals surface area contributed by atoms with E-state index in [-0.39, 0.29) is 22.7 Å². The molecule has 1 saturated heterocycles. The number of benzene rings is 3. The first kappa shape index (κ1) is 26.1. The first-order valence-corrected chi connectivity index (χ1v) is 13.7. The fourth-order valence-electron chi connectivity index (χ4n) is 5.21. The zero-order valence-electron chi connectivity index (χ0n) is 21.7.